The Bertz CT molecular complexity index is 1230. The molecule has 8 heteroatoms. The Balaban J connectivity index is 1.46. The molecule has 1 fully saturated rings. The molecule has 0 radical (unpaired) electrons. The monoisotopic (exact) mass is 459 g/mol. The van der Waals surface area contributed by atoms with Gasteiger partial charge in [0, 0.05) is 24.2 Å². The molecule has 0 spiro atoms. The van der Waals surface area contributed by atoms with Crippen LogP contribution < -0.4 is 10.4 Å². The van der Waals surface area contributed by atoms with Gasteiger partial charge >= 0.3 is 5.63 Å². The zero-order valence-corrected chi connectivity index (χ0v) is 18.5. The first-order chi connectivity index (χ1) is 14.8. The van der Waals surface area contributed by atoms with Crippen molar-refractivity contribution in [1.82, 2.24) is 4.31 Å². The van der Waals surface area contributed by atoms with Crippen LogP contribution in [-0.2, 0) is 10.0 Å². The van der Waals surface area contributed by atoms with E-state index in [0.29, 0.717) is 42.5 Å². The summed E-state index contributed by atoms with van der Waals surface area (Å²) in [6.45, 7) is 2.37. The summed E-state index contributed by atoms with van der Waals surface area (Å²) in [5.41, 5.74) is 1.25. The van der Waals surface area contributed by atoms with Crippen LogP contribution in [0.2, 0.25) is 5.02 Å². The van der Waals surface area contributed by atoms with Crippen LogP contribution in [0.3, 0.4) is 0 Å². The third-order valence-corrected chi connectivity index (χ3v) is 7.37. The molecule has 1 saturated heterocycles. The van der Waals surface area contributed by atoms with Crippen LogP contribution in [0.1, 0.15) is 18.6 Å². The normalized spacial score (nSPS) is 15.7. The predicted octanol–water partition coefficient (Wildman–Crippen LogP) is 4.50. The average molecular weight is 460 g/mol. The number of benzene rings is 2. The molecule has 6 nitrogen and oxygen atoms in total. The molecule has 4 rings (SSSR count). The molecule has 2 heterocycles. The fraction of sp³-hybridized carbons (Fsp3) is 0.261. The summed E-state index contributed by atoms with van der Waals surface area (Å²) in [6, 6.07) is 17.2. The fourth-order valence-corrected chi connectivity index (χ4v) is 5.30. The first-order valence-corrected chi connectivity index (χ1v) is 11.8. The molecule has 0 bridgehead atoms. The zero-order valence-electron chi connectivity index (χ0n) is 17.0. The van der Waals surface area contributed by atoms with E-state index in [-0.39, 0.29) is 11.0 Å². The first-order valence-electron chi connectivity index (χ1n) is 9.96. The van der Waals surface area contributed by atoms with Crippen LogP contribution in [0.25, 0.3) is 11.1 Å². The van der Waals surface area contributed by atoms with Crippen LogP contribution >= 0.6 is 11.6 Å². The molecule has 1 aliphatic rings. The van der Waals surface area contributed by atoms with E-state index in [4.69, 9.17) is 20.8 Å². The standard InChI is InChI=1S/C23H22ClNO5S/c1-16-13-21(15-23(26)29-16)30-20-9-11-25(12-10-20)31(27,28)22-4-2-3-18(14-22)17-5-7-19(24)8-6-17/h2-8,13-15,20H,9-12H2,1H3. The minimum absolute atomic E-state index is 0.159. The molecule has 0 saturated carbocycles. The highest BCUT2D eigenvalue weighted by molar-refractivity contribution is 7.89. The van der Waals surface area contributed by atoms with Crippen LogP contribution in [0, 0.1) is 6.92 Å². The molecule has 0 unspecified atom stereocenters. The van der Waals surface area contributed by atoms with Gasteiger partial charge in [-0.15, -0.1) is 0 Å². The largest absolute Gasteiger partial charge is 0.490 e. The molecular weight excluding hydrogens is 438 g/mol. The lowest BCUT2D eigenvalue weighted by atomic mass is 10.1. The maximum Gasteiger partial charge on any atom is 0.339 e. The van der Waals surface area contributed by atoms with E-state index in [1.165, 1.54) is 10.4 Å². The van der Waals surface area contributed by atoms with Crippen molar-refractivity contribution in [3.63, 3.8) is 0 Å². The molecule has 31 heavy (non-hydrogen) atoms. The molecule has 1 aliphatic heterocycles. The minimum Gasteiger partial charge on any atom is -0.490 e. The number of ether oxygens (including phenoxy) is 1. The fourth-order valence-electron chi connectivity index (χ4n) is 3.65. The Morgan fingerprint density at radius 1 is 1.00 bits per heavy atom. The van der Waals surface area contributed by atoms with Gasteiger partial charge in [-0.2, -0.15) is 4.31 Å². The van der Waals surface area contributed by atoms with Crippen LogP contribution in [-0.4, -0.2) is 31.9 Å². The number of piperidine rings is 1. The van der Waals surface area contributed by atoms with Gasteiger partial charge in [0.2, 0.25) is 10.0 Å². The lowest BCUT2D eigenvalue weighted by Gasteiger charge is -2.31. The van der Waals surface area contributed by atoms with Crippen molar-refractivity contribution < 1.29 is 17.6 Å². The Kier molecular flexibility index (Phi) is 6.18. The smallest absolute Gasteiger partial charge is 0.339 e. The first kappa shape index (κ1) is 21.6. The van der Waals surface area contributed by atoms with Crippen molar-refractivity contribution in [2.75, 3.05) is 13.1 Å². The summed E-state index contributed by atoms with van der Waals surface area (Å²) in [5.74, 6) is 0.925. The van der Waals surface area contributed by atoms with Crippen molar-refractivity contribution in [3.05, 3.63) is 81.9 Å². The zero-order chi connectivity index (χ0) is 22.0. The molecule has 0 aliphatic carbocycles. The van der Waals surface area contributed by atoms with E-state index in [2.05, 4.69) is 0 Å². The molecule has 0 N–H and O–H groups in total. The Hall–Kier alpha value is -2.61. The average Bonchev–Trinajstić information content (AvgIpc) is 2.74. The summed E-state index contributed by atoms with van der Waals surface area (Å²) in [6.07, 6.45) is 0.915. The van der Waals surface area contributed by atoms with E-state index in [0.717, 1.165) is 11.1 Å². The second-order valence-electron chi connectivity index (χ2n) is 7.48. The quantitative estimate of drug-likeness (QED) is 0.561. The Labute approximate surface area is 186 Å². The molecule has 0 amide bonds. The number of hydrogen-bond acceptors (Lipinski definition) is 5. The van der Waals surface area contributed by atoms with Gasteiger partial charge in [-0.25, -0.2) is 13.2 Å². The number of rotatable bonds is 5. The van der Waals surface area contributed by atoms with E-state index < -0.39 is 15.6 Å². The van der Waals surface area contributed by atoms with Gasteiger partial charge < -0.3 is 9.15 Å². The number of hydrogen-bond donors (Lipinski definition) is 0. The maximum absolute atomic E-state index is 13.2. The molecule has 1 aromatic heterocycles. The molecule has 162 valence electrons. The lowest BCUT2D eigenvalue weighted by molar-refractivity contribution is 0.134. The van der Waals surface area contributed by atoms with E-state index in [1.807, 2.05) is 18.2 Å². The molecule has 0 atom stereocenters. The van der Waals surface area contributed by atoms with Gasteiger partial charge in [-0.05, 0) is 55.2 Å². The third kappa shape index (κ3) is 5.01. The predicted molar refractivity (Wildman–Crippen MR) is 119 cm³/mol. The summed E-state index contributed by atoms with van der Waals surface area (Å²) in [4.78, 5) is 11.8. The Morgan fingerprint density at radius 2 is 1.71 bits per heavy atom. The third-order valence-electron chi connectivity index (χ3n) is 5.22. The topological polar surface area (TPSA) is 76.8 Å². The minimum atomic E-state index is -3.62. The number of sulfonamides is 1. The number of aryl methyl sites for hydroxylation is 1. The highest BCUT2D eigenvalue weighted by Gasteiger charge is 2.30. The summed E-state index contributed by atoms with van der Waals surface area (Å²) in [7, 11) is -3.62. The number of nitrogens with zero attached hydrogens (tertiary/aromatic N) is 1. The van der Waals surface area contributed by atoms with Crippen molar-refractivity contribution in [3.8, 4) is 16.9 Å². The van der Waals surface area contributed by atoms with Crippen LogP contribution in [0.5, 0.6) is 5.75 Å². The van der Waals surface area contributed by atoms with Crippen molar-refractivity contribution in [2.24, 2.45) is 0 Å². The van der Waals surface area contributed by atoms with E-state index in [1.54, 1.807) is 43.3 Å². The maximum atomic E-state index is 13.2. The Morgan fingerprint density at radius 3 is 2.39 bits per heavy atom. The summed E-state index contributed by atoms with van der Waals surface area (Å²) < 4.78 is 38.7. The van der Waals surface area contributed by atoms with Gasteiger partial charge in [0.1, 0.15) is 17.6 Å². The molecule has 2 aromatic carbocycles. The highest BCUT2D eigenvalue weighted by atomic mass is 35.5. The van der Waals surface area contributed by atoms with Gasteiger partial charge in [-0.1, -0.05) is 35.9 Å². The second kappa shape index (κ2) is 8.86. The highest BCUT2D eigenvalue weighted by Crippen LogP contribution is 2.28. The summed E-state index contributed by atoms with van der Waals surface area (Å²) >= 11 is 5.95. The van der Waals surface area contributed by atoms with Crippen molar-refractivity contribution >= 4 is 21.6 Å². The van der Waals surface area contributed by atoms with E-state index >= 15 is 0 Å². The SMILES string of the molecule is Cc1cc(OC2CCN(S(=O)(=O)c3cccc(-c4ccc(Cl)cc4)c3)CC2)cc(=O)o1. The molecule has 3 aromatic rings. The van der Waals surface area contributed by atoms with Gasteiger partial charge in [0.25, 0.3) is 0 Å². The second-order valence-corrected chi connectivity index (χ2v) is 9.85. The van der Waals surface area contributed by atoms with Crippen LogP contribution in [0.4, 0.5) is 0 Å². The van der Waals surface area contributed by atoms with Gasteiger partial charge in [0.05, 0.1) is 11.0 Å². The van der Waals surface area contributed by atoms with Gasteiger partial charge in [-0.3, -0.25) is 0 Å². The van der Waals surface area contributed by atoms with Crippen molar-refractivity contribution in [1.29, 1.82) is 0 Å². The summed E-state index contributed by atoms with van der Waals surface area (Å²) in [5, 5.41) is 0.629. The van der Waals surface area contributed by atoms with Crippen molar-refractivity contribution in [2.45, 2.75) is 30.8 Å². The molecular formula is C23H22ClNO5S. The van der Waals surface area contributed by atoms with Crippen LogP contribution in [0.15, 0.2) is 74.8 Å². The van der Waals surface area contributed by atoms with E-state index in [9.17, 15) is 13.2 Å². The van der Waals surface area contributed by atoms with Gasteiger partial charge in [0.15, 0.2) is 0 Å². The lowest BCUT2D eigenvalue weighted by Crippen LogP contribution is -2.41. The number of halogens is 1.